The van der Waals surface area contributed by atoms with Gasteiger partial charge in [0, 0.05) is 58.7 Å². The van der Waals surface area contributed by atoms with Crippen molar-refractivity contribution < 1.29 is 13.9 Å². The fourth-order valence-corrected chi connectivity index (χ4v) is 3.00. The van der Waals surface area contributed by atoms with Gasteiger partial charge in [0.05, 0.1) is 13.2 Å². The number of aliphatic imine (C=N–C) groups is 1. The molecule has 1 N–H and O–H groups in total. The molecule has 0 radical (unpaired) electrons. The Hall–Kier alpha value is -1.13. The van der Waals surface area contributed by atoms with Crippen LogP contribution in [0.4, 0.5) is 10.1 Å². The van der Waals surface area contributed by atoms with Crippen LogP contribution in [0.1, 0.15) is 19.8 Å². The number of unbranched alkanes of at least 4 members (excludes halogenated alkanes) is 1. The van der Waals surface area contributed by atoms with E-state index < -0.39 is 0 Å². The molecule has 1 heterocycles. The van der Waals surface area contributed by atoms with Gasteiger partial charge in [0.1, 0.15) is 5.82 Å². The van der Waals surface area contributed by atoms with Crippen LogP contribution >= 0.6 is 24.0 Å². The van der Waals surface area contributed by atoms with Gasteiger partial charge in [-0.05, 0) is 44.0 Å². The fraction of sp³-hybridized carbons (Fsp3) is 0.650. The summed E-state index contributed by atoms with van der Waals surface area (Å²) in [5.41, 5.74) is 1.08. The number of piperazine rings is 1. The SMILES string of the molecule is CCNC(=NCCCCOCCOC)N1CCN(c2ccc(F)cc2)CC1.I. The minimum Gasteiger partial charge on any atom is -0.382 e. The van der Waals surface area contributed by atoms with Crippen LogP contribution in [0.25, 0.3) is 0 Å². The highest BCUT2D eigenvalue weighted by Gasteiger charge is 2.19. The van der Waals surface area contributed by atoms with E-state index in [2.05, 4.69) is 22.0 Å². The van der Waals surface area contributed by atoms with Crippen molar-refractivity contribution in [1.29, 1.82) is 0 Å². The Morgan fingerprint density at radius 2 is 1.79 bits per heavy atom. The van der Waals surface area contributed by atoms with Crippen molar-refractivity contribution in [2.75, 3.05) is 71.1 Å². The molecule has 1 fully saturated rings. The van der Waals surface area contributed by atoms with E-state index in [1.54, 1.807) is 7.11 Å². The second-order valence-corrected chi connectivity index (χ2v) is 6.50. The van der Waals surface area contributed by atoms with Gasteiger partial charge in [-0.3, -0.25) is 4.99 Å². The Bertz CT molecular complexity index is 552. The molecule has 0 amide bonds. The molecular formula is C20H34FIN4O2. The summed E-state index contributed by atoms with van der Waals surface area (Å²) in [6.45, 7) is 9.43. The molecule has 6 nitrogen and oxygen atoms in total. The maximum Gasteiger partial charge on any atom is 0.194 e. The Morgan fingerprint density at radius 3 is 2.43 bits per heavy atom. The summed E-state index contributed by atoms with van der Waals surface area (Å²) in [6, 6.07) is 6.73. The summed E-state index contributed by atoms with van der Waals surface area (Å²) in [6.07, 6.45) is 2.02. The van der Waals surface area contributed by atoms with Crippen molar-refractivity contribution in [3.63, 3.8) is 0 Å². The van der Waals surface area contributed by atoms with Crippen molar-refractivity contribution in [1.82, 2.24) is 10.2 Å². The van der Waals surface area contributed by atoms with Gasteiger partial charge in [0.15, 0.2) is 5.96 Å². The fourth-order valence-electron chi connectivity index (χ4n) is 3.00. The summed E-state index contributed by atoms with van der Waals surface area (Å²) in [5.74, 6) is 0.791. The van der Waals surface area contributed by atoms with Crippen LogP contribution in [-0.2, 0) is 9.47 Å². The number of anilines is 1. The highest BCUT2D eigenvalue weighted by molar-refractivity contribution is 14.0. The summed E-state index contributed by atoms with van der Waals surface area (Å²) in [4.78, 5) is 9.36. The molecule has 1 aromatic carbocycles. The number of hydrogen-bond acceptors (Lipinski definition) is 4. The minimum atomic E-state index is -0.192. The zero-order valence-electron chi connectivity index (χ0n) is 17.0. The Balaban J connectivity index is 0.00000392. The van der Waals surface area contributed by atoms with Crippen molar-refractivity contribution in [3.05, 3.63) is 30.1 Å². The third-order valence-corrected chi connectivity index (χ3v) is 4.50. The zero-order chi connectivity index (χ0) is 19.3. The number of halogens is 2. The smallest absolute Gasteiger partial charge is 0.194 e. The first-order valence-corrected chi connectivity index (χ1v) is 9.85. The summed E-state index contributed by atoms with van der Waals surface area (Å²) >= 11 is 0. The lowest BCUT2D eigenvalue weighted by atomic mass is 10.2. The second-order valence-electron chi connectivity index (χ2n) is 6.50. The maximum atomic E-state index is 13.1. The topological polar surface area (TPSA) is 49.3 Å². The van der Waals surface area contributed by atoms with Gasteiger partial charge >= 0.3 is 0 Å². The Kier molecular flexibility index (Phi) is 13.2. The molecule has 28 heavy (non-hydrogen) atoms. The van der Waals surface area contributed by atoms with E-state index in [0.717, 1.165) is 70.4 Å². The van der Waals surface area contributed by atoms with E-state index in [4.69, 9.17) is 14.5 Å². The predicted octanol–water partition coefficient (Wildman–Crippen LogP) is 2.97. The number of methoxy groups -OCH3 is 1. The third kappa shape index (κ3) is 8.91. The van der Waals surface area contributed by atoms with Gasteiger partial charge in [0.2, 0.25) is 0 Å². The van der Waals surface area contributed by atoms with Crippen LogP contribution in [0.2, 0.25) is 0 Å². The molecule has 1 aromatic rings. The quantitative estimate of drug-likeness (QED) is 0.228. The van der Waals surface area contributed by atoms with Gasteiger partial charge in [-0.2, -0.15) is 0 Å². The number of guanidine groups is 1. The third-order valence-electron chi connectivity index (χ3n) is 4.50. The summed E-state index contributed by atoms with van der Waals surface area (Å²) < 4.78 is 23.5. The van der Waals surface area contributed by atoms with Crippen LogP contribution in [-0.4, -0.2) is 77.1 Å². The molecule has 2 rings (SSSR count). The van der Waals surface area contributed by atoms with Crippen molar-refractivity contribution in [2.24, 2.45) is 4.99 Å². The van der Waals surface area contributed by atoms with Crippen LogP contribution in [0.15, 0.2) is 29.3 Å². The number of rotatable bonds is 10. The normalized spacial score (nSPS) is 14.8. The van der Waals surface area contributed by atoms with Crippen LogP contribution in [0, 0.1) is 5.82 Å². The standard InChI is InChI=1S/C20H33FN4O2.HI/c1-3-22-20(23-10-4-5-15-27-17-16-26-2)25-13-11-24(12-14-25)19-8-6-18(21)7-9-19;/h6-9H,3-5,10-17H2,1-2H3,(H,22,23);1H. The molecule has 1 aliphatic rings. The minimum absolute atomic E-state index is 0. The molecule has 160 valence electrons. The number of hydrogen-bond donors (Lipinski definition) is 1. The van der Waals surface area contributed by atoms with E-state index in [0.29, 0.717) is 13.2 Å². The highest BCUT2D eigenvalue weighted by Crippen LogP contribution is 2.17. The van der Waals surface area contributed by atoms with Gasteiger partial charge in [-0.25, -0.2) is 4.39 Å². The first kappa shape index (κ1) is 24.9. The zero-order valence-corrected chi connectivity index (χ0v) is 19.4. The first-order chi connectivity index (χ1) is 13.2. The number of nitrogens with zero attached hydrogens (tertiary/aromatic N) is 3. The van der Waals surface area contributed by atoms with Crippen LogP contribution in [0.5, 0.6) is 0 Å². The van der Waals surface area contributed by atoms with Gasteiger partial charge < -0.3 is 24.6 Å². The number of nitrogens with one attached hydrogen (secondary N) is 1. The molecule has 0 aliphatic carbocycles. The molecule has 0 saturated carbocycles. The molecule has 1 saturated heterocycles. The largest absolute Gasteiger partial charge is 0.382 e. The predicted molar refractivity (Wildman–Crippen MR) is 124 cm³/mol. The van der Waals surface area contributed by atoms with Gasteiger partial charge in [0.25, 0.3) is 0 Å². The first-order valence-electron chi connectivity index (χ1n) is 9.85. The molecule has 0 atom stereocenters. The Morgan fingerprint density at radius 1 is 1.07 bits per heavy atom. The van der Waals surface area contributed by atoms with Crippen LogP contribution < -0.4 is 10.2 Å². The molecule has 0 spiro atoms. The van der Waals surface area contributed by atoms with Gasteiger partial charge in [-0.1, -0.05) is 0 Å². The maximum absolute atomic E-state index is 13.1. The lowest BCUT2D eigenvalue weighted by Gasteiger charge is -2.37. The second kappa shape index (κ2) is 14.8. The molecular weight excluding hydrogens is 474 g/mol. The molecule has 0 aromatic heterocycles. The van der Waals surface area contributed by atoms with E-state index in [9.17, 15) is 4.39 Å². The van der Waals surface area contributed by atoms with Crippen molar-refractivity contribution in [2.45, 2.75) is 19.8 Å². The Labute approximate surface area is 185 Å². The van der Waals surface area contributed by atoms with Crippen LogP contribution in [0.3, 0.4) is 0 Å². The molecule has 1 aliphatic heterocycles. The molecule has 8 heteroatoms. The summed E-state index contributed by atoms with van der Waals surface area (Å²) in [5, 5.41) is 3.39. The van der Waals surface area contributed by atoms with E-state index in [-0.39, 0.29) is 29.8 Å². The monoisotopic (exact) mass is 508 g/mol. The molecule has 0 bridgehead atoms. The van der Waals surface area contributed by atoms with E-state index in [1.807, 2.05) is 12.1 Å². The van der Waals surface area contributed by atoms with Gasteiger partial charge in [-0.15, -0.1) is 24.0 Å². The number of ether oxygens (including phenoxy) is 2. The molecule has 0 unspecified atom stereocenters. The highest BCUT2D eigenvalue weighted by atomic mass is 127. The van der Waals surface area contributed by atoms with Crippen molar-refractivity contribution in [3.8, 4) is 0 Å². The lowest BCUT2D eigenvalue weighted by molar-refractivity contribution is 0.0690. The number of benzene rings is 1. The average molecular weight is 508 g/mol. The average Bonchev–Trinajstić information content (AvgIpc) is 2.70. The van der Waals surface area contributed by atoms with E-state index >= 15 is 0 Å². The van der Waals surface area contributed by atoms with Crippen molar-refractivity contribution >= 4 is 35.6 Å². The van der Waals surface area contributed by atoms with E-state index in [1.165, 1.54) is 12.1 Å². The lowest BCUT2D eigenvalue weighted by Crippen LogP contribution is -2.52. The summed E-state index contributed by atoms with van der Waals surface area (Å²) in [7, 11) is 1.68.